The number of hydrogen-bond acceptors (Lipinski definition) is 5. The Bertz CT molecular complexity index is 1250. The molecule has 0 radical (unpaired) electrons. The van der Waals surface area contributed by atoms with E-state index in [1.54, 1.807) is 13.0 Å². The van der Waals surface area contributed by atoms with E-state index >= 15 is 0 Å². The number of rotatable bonds is 5. The number of hydrogen-bond donors (Lipinski definition) is 4. The van der Waals surface area contributed by atoms with Gasteiger partial charge in [-0.2, -0.15) is 0 Å². The minimum absolute atomic E-state index is 0.00813. The number of halogens is 2. The Morgan fingerprint density at radius 1 is 1.07 bits per heavy atom. The molecule has 0 bridgehead atoms. The molecule has 3 aromatic carbocycles. The van der Waals surface area contributed by atoms with Crippen LogP contribution in [0.25, 0.3) is 0 Å². The van der Waals surface area contributed by atoms with E-state index in [-0.39, 0.29) is 37.6 Å². The van der Waals surface area contributed by atoms with E-state index in [1.165, 1.54) is 48.5 Å². The van der Waals surface area contributed by atoms with Crippen molar-refractivity contribution in [1.29, 1.82) is 0 Å². The summed E-state index contributed by atoms with van der Waals surface area (Å²) in [5, 5.41) is 13.0. The number of carbonyl (C=O) groups is 1. The van der Waals surface area contributed by atoms with Crippen molar-refractivity contribution in [2.75, 3.05) is 15.8 Å². The summed E-state index contributed by atoms with van der Waals surface area (Å²) in [4.78, 5) is 12.6. The summed E-state index contributed by atoms with van der Waals surface area (Å²) in [7, 11) is -3.90. The van der Waals surface area contributed by atoms with E-state index in [9.17, 15) is 18.3 Å². The first-order valence-electron chi connectivity index (χ1n) is 8.56. The molecule has 5 N–H and O–H groups in total. The highest BCUT2D eigenvalue weighted by molar-refractivity contribution is 7.92. The number of nitrogens with two attached hydrogens (primary N) is 1. The third-order valence-electron chi connectivity index (χ3n) is 4.22. The fraction of sp³-hybridized carbons (Fsp3) is 0.0500. The number of phenols is 1. The average Bonchev–Trinajstić information content (AvgIpc) is 2.70. The van der Waals surface area contributed by atoms with Gasteiger partial charge in [-0.1, -0.05) is 35.3 Å². The first-order valence-corrected chi connectivity index (χ1v) is 10.8. The fourth-order valence-electron chi connectivity index (χ4n) is 2.61. The minimum atomic E-state index is -3.90. The lowest BCUT2D eigenvalue weighted by Gasteiger charge is -2.13. The van der Waals surface area contributed by atoms with E-state index in [0.717, 1.165) is 0 Å². The maximum atomic E-state index is 12.6. The Kier molecular flexibility index (Phi) is 6.12. The largest absolute Gasteiger partial charge is 0.504 e. The van der Waals surface area contributed by atoms with Crippen LogP contribution in [0, 0.1) is 6.92 Å². The van der Waals surface area contributed by atoms with Crippen LogP contribution in [0.1, 0.15) is 15.9 Å². The molecule has 3 aromatic rings. The van der Waals surface area contributed by atoms with E-state index in [1.807, 2.05) is 0 Å². The van der Waals surface area contributed by atoms with Gasteiger partial charge in [0, 0.05) is 22.0 Å². The van der Waals surface area contributed by atoms with Crippen LogP contribution in [0.3, 0.4) is 0 Å². The molecule has 3 rings (SSSR count). The van der Waals surface area contributed by atoms with Crippen molar-refractivity contribution in [2.24, 2.45) is 0 Å². The van der Waals surface area contributed by atoms with Gasteiger partial charge < -0.3 is 16.2 Å². The topological polar surface area (TPSA) is 122 Å². The van der Waals surface area contributed by atoms with E-state index < -0.39 is 15.9 Å². The molecule has 1 amide bonds. The van der Waals surface area contributed by atoms with Crippen LogP contribution >= 0.6 is 23.2 Å². The SMILES string of the molecule is Cc1c(Cl)cc(NC(=O)c2cccc(NS(=O)(=O)c3cccc(N)c3)c2)c(O)c1Cl. The molecule has 0 spiro atoms. The van der Waals surface area contributed by atoms with Crippen molar-refractivity contribution in [3.05, 3.63) is 75.8 Å². The summed E-state index contributed by atoms with van der Waals surface area (Å²) < 4.78 is 27.5. The van der Waals surface area contributed by atoms with Gasteiger partial charge >= 0.3 is 0 Å². The molecule has 0 heterocycles. The lowest BCUT2D eigenvalue weighted by Crippen LogP contribution is -2.15. The molecule has 0 saturated carbocycles. The quantitative estimate of drug-likeness (QED) is 0.322. The standard InChI is InChI=1S/C20H17Cl2N3O4S/c1-11-16(21)10-17(19(26)18(11)22)24-20(27)12-4-2-6-14(8-12)25-30(28,29)15-7-3-5-13(23)9-15/h2-10,25-26H,23H2,1H3,(H,24,27). The summed E-state index contributed by atoms with van der Waals surface area (Å²) in [6.45, 7) is 1.63. The number of anilines is 3. The average molecular weight is 466 g/mol. The summed E-state index contributed by atoms with van der Waals surface area (Å²) in [6, 6.07) is 13.1. The van der Waals surface area contributed by atoms with E-state index in [2.05, 4.69) is 10.0 Å². The second-order valence-electron chi connectivity index (χ2n) is 6.41. The highest BCUT2D eigenvalue weighted by Gasteiger charge is 2.18. The molecular weight excluding hydrogens is 449 g/mol. The second kappa shape index (κ2) is 8.43. The normalized spacial score (nSPS) is 11.2. The van der Waals surface area contributed by atoms with E-state index in [0.29, 0.717) is 11.3 Å². The molecule has 0 fully saturated rings. The predicted octanol–water partition coefficient (Wildman–Crippen LogP) is 4.64. The Hall–Kier alpha value is -2.94. The summed E-state index contributed by atoms with van der Waals surface area (Å²) in [5.74, 6) is -0.906. The number of aromatic hydroxyl groups is 1. The summed E-state index contributed by atoms with van der Waals surface area (Å²) >= 11 is 12.1. The summed E-state index contributed by atoms with van der Waals surface area (Å²) in [5.41, 5.74) is 6.79. The van der Waals surface area contributed by atoms with Crippen LogP contribution in [0.4, 0.5) is 17.1 Å². The molecule has 10 heteroatoms. The zero-order chi connectivity index (χ0) is 22.1. The lowest BCUT2D eigenvalue weighted by atomic mass is 10.1. The van der Waals surface area contributed by atoms with Crippen LogP contribution < -0.4 is 15.8 Å². The Balaban J connectivity index is 1.84. The molecule has 0 aliphatic carbocycles. The zero-order valence-corrected chi connectivity index (χ0v) is 17.9. The minimum Gasteiger partial charge on any atom is -0.504 e. The molecule has 0 saturated heterocycles. The molecule has 7 nitrogen and oxygen atoms in total. The van der Waals surface area contributed by atoms with Crippen molar-refractivity contribution in [2.45, 2.75) is 11.8 Å². The van der Waals surface area contributed by atoms with Gasteiger partial charge in [0.1, 0.15) is 0 Å². The first kappa shape index (κ1) is 21.8. The smallest absolute Gasteiger partial charge is 0.261 e. The van der Waals surface area contributed by atoms with Crippen molar-refractivity contribution in [1.82, 2.24) is 0 Å². The van der Waals surface area contributed by atoms with Crippen LogP contribution in [0.5, 0.6) is 5.75 Å². The van der Waals surface area contributed by atoms with Gasteiger partial charge in [-0.05, 0) is 55.0 Å². The number of sulfonamides is 1. The first-order chi connectivity index (χ1) is 14.1. The fourth-order valence-corrected chi connectivity index (χ4v) is 4.17. The highest BCUT2D eigenvalue weighted by Crippen LogP contribution is 2.39. The van der Waals surface area contributed by atoms with Crippen LogP contribution in [0.15, 0.2) is 59.5 Å². The van der Waals surface area contributed by atoms with Crippen LogP contribution in [-0.2, 0) is 10.0 Å². The number of carbonyl (C=O) groups excluding carboxylic acids is 1. The molecule has 0 aliphatic rings. The van der Waals surface area contributed by atoms with Gasteiger partial charge in [-0.15, -0.1) is 0 Å². The van der Waals surface area contributed by atoms with Gasteiger partial charge in [0.15, 0.2) is 5.75 Å². The number of nitrogen functional groups attached to an aromatic ring is 1. The number of phenolic OH excluding ortho intramolecular Hbond substituents is 1. The zero-order valence-electron chi connectivity index (χ0n) is 15.6. The molecule has 0 aromatic heterocycles. The molecule has 0 aliphatic heterocycles. The molecule has 0 unspecified atom stereocenters. The number of amides is 1. The van der Waals surface area contributed by atoms with Crippen molar-refractivity contribution in [3.8, 4) is 5.75 Å². The highest BCUT2D eigenvalue weighted by atomic mass is 35.5. The second-order valence-corrected chi connectivity index (χ2v) is 8.87. The van der Waals surface area contributed by atoms with Gasteiger partial charge in [-0.25, -0.2) is 8.42 Å². The Labute approximate surface area is 183 Å². The maximum absolute atomic E-state index is 12.6. The molecule has 156 valence electrons. The van der Waals surface area contributed by atoms with E-state index in [4.69, 9.17) is 28.9 Å². The van der Waals surface area contributed by atoms with Gasteiger partial charge in [-0.3, -0.25) is 9.52 Å². The lowest BCUT2D eigenvalue weighted by molar-refractivity contribution is 0.102. The number of benzene rings is 3. The summed E-state index contributed by atoms with van der Waals surface area (Å²) in [6.07, 6.45) is 0. The third kappa shape index (κ3) is 4.62. The molecular formula is C20H17Cl2N3O4S. The maximum Gasteiger partial charge on any atom is 0.261 e. The van der Waals surface area contributed by atoms with Crippen molar-refractivity contribution < 1.29 is 18.3 Å². The van der Waals surface area contributed by atoms with Gasteiger partial charge in [0.05, 0.1) is 15.6 Å². The van der Waals surface area contributed by atoms with Gasteiger partial charge in [0.25, 0.3) is 15.9 Å². The molecule has 30 heavy (non-hydrogen) atoms. The Morgan fingerprint density at radius 3 is 2.47 bits per heavy atom. The van der Waals surface area contributed by atoms with Crippen molar-refractivity contribution in [3.63, 3.8) is 0 Å². The monoisotopic (exact) mass is 465 g/mol. The van der Waals surface area contributed by atoms with Gasteiger partial charge in [0.2, 0.25) is 0 Å². The number of nitrogens with one attached hydrogen (secondary N) is 2. The van der Waals surface area contributed by atoms with Crippen LogP contribution in [-0.4, -0.2) is 19.4 Å². The van der Waals surface area contributed by atoms with Crippen LogP contribution in [0.2, 0.25) is 10.0 Å². The predicted molar refractivity (Wildman–Crippen MR) is 119 cm³/mol. The molecule has 0 atom stereocenters. The Morgan fingerprint density at radius 2 is 1.77 bits per heavy atom. The third-order valence-corrected chi connectivity index (χ3v) is 6.45. The van der Waals surface area contributed by atoms with Crippen molar-refractivity contribution >= 4 is 56.2 Å².